The van der Waals surface area contributed by atoms with E-state index in [1.165, 1.54) is 18.2 Å². The molecule has 2 aromatic rings. The van der Waals surface area contributed by atoms with Crippen LogP contribution in [0.25, 0.3) is 0 Å². The van der Waals surface area contributed by atoms with Gasteiger partial charge in [-0.25, -0.2) is 13.2 Å². The maximum Gasteiger partial charge on any atom is 0.150 e. The summed E-state index contributed by atoms with van der Waals surface area (Å²) < 4.78 is 41.5. The molecule has 0 spiro atoms. The van der Waals surface area contributed by atoms with Crippen LogP contribution in [0.3, 0.4) is 0 Å². The number of halogens is 4. The molecule has 21 heavy (non-hydrogen) atoms. The van der Waals surface area contributed by atoms with Crippen molar-refractivity contribution in [3.63, 3.8) is 0 Å². The Hall–Kier alpha value is -1.49. The Morgan fingerprint density at radius 3 is 2.19 bits per heavy atom. The zero-order chi connectivity index (χ0) is 15.0. The van der Waals surface area contributed by atoms with E-state index in [9.17, 15) is 13.2 Å². The fourth-order valence-electron chi connectivity index (χ4n) is 2.68. The third kappa shape index (κ3) is 2.93. The van der Waals surface area contributed by atoms with Crippen LogP contribution in [0.15, 0.2) is 40.9 Å². The molecule has 0 atom stereocenters. The maximum atomic E-state index is 13.7. The Bertz CT molecular complexity index is 645. The lowest BCUT2D eigenvalue weighted by Gasteiger charge is -2.37. The van der Waals surface area contributed by atoms with Gasteiger partial charge in [0, 0.05) is 10.5 Å². The van der Waals surface area contributed by atoms with Gasteiger partial charge in [-0.15, -0.1) is 0 Å². The first-order chi connectivity index (χ1) is 10.0. The first-order valence-corrected chi connectivity index (χ1v) is 7.49. The van der Waals surface area contributed by atoms with Crippen LogP contribution in [-0.2, 0) is 0 Å². The lowest BCUT2D eigenvalue weighted by Crippen LogP contribution is -2.35. The van der Waals surface area contributed by atoms with Crippen molar-refractivity contribution in [1.29, 1.82) is 0 Å². The van der Waals surface area contributed by atoms with E-state index in [-0.39, 0.29) is 23.5 Å². The summed E-state index contributed by atoms with van der Waals surface area (Å²) in [6.45, 7) is 0. The second-order valence-electron chi connectivity index (χ2n) is 5.28. The lowest BCUT2D eigenvalue weighted by molar-refractivity contribution is 0.361. The summed E-state index contributed by atoms with van der Waals surface area (Å²) in [6, 6.07) is 9.05. The number of rotatable bonds is 3. The summed E-state index contributed by atoms with van der Waals surface area (Å²) >= 11 is 3.04. The van der Waals surface area contributed by atoms with Gasteiger partial charge in [-0.1, -0.05) is 34.1 Å². The van der Waals surface area contributed by atoms with E-state index >= 15 is 0 Å². The monoisotopic (exact) mass is 355 g/mol. The highest BCUT2D eigenvalue weighted by Crippen LogP contribution is 2.40. The van der Waals surface area contributed by atoms with Crippen molar-refractivity contribution >= 4 is 21.6 Å². The van der Waals surface area contributed by atoms with E-state index in [4.69, 9.17) is 0 Å². The lowest BCUT2D eigenvalue weighted by atomic mass is 9.75. The van der Waals surface area contributed by atoms with Crippen molar-refractivity contribution < 1.29 is 13.2 Å². The van der Waals surface area contributed by atoms with Crippen LogP contribution in [0.2, 0.25) is 0 Å². The van der Waals surface area contributed by atoms with E-state index in [0.29, 0.717) is 22.9 Å². The van der Waals surface area contributed by atoms with Crippen molar-refractivity contribution in [2.45, 2.75) is 24.8 Å². The molecule has 1 aliphatic carbocycles. The fraction of sp³-hybridized carbons (Fsp3) is 0.250. The van der Waals surface area contributed by atoms with Crippen LogP contribution in [-0.4, -0.2) is 6.04 Å². The van der Waals surface area contributed by atoms with Crippen molar-refractivity contribution in [3.8, 4) is 0 Å². The molecule has 0 aliphatic heterocycles. The molecular formula is C16H13BrF3N. The van der Waals surface area contributed by atoms with Crippen LogP contribution in [0.5, 0.6) is 0 Å². The number of nitrogens with one attached hydrogen (secondary N) is 1. The third-order valence-electron chi connectivity index (χ3n) is 3.84. The molecule has 0 aromatic heterocycles. The number of hydrogen-bond acceptors (Lipinski definition) is 1. The highest BCUT2D eigenvalue weighted by molar-refractivity contribution is 9.10. The molecule has 1 saturated carbocycles. The van der Waals surface area contributed by atoms with Crippen molar-refractivity contribution in [2.24, 2.45) is 0 Å². The maximum absolute atomic E-state index is 13.7. The number of anilines is 1. The average molecular weight is 356 g/mol. The Morgan fingerprint density at radius 2 is 1.57 bits per heavy atom. The number of hydrogen-bond donors (Lipinski definition) is 1. The van der Waals surface area contributed by atoms with E-state index in [1.807, 2.05) is 0 Å². The summed E-state index contributed by atoms with van der Waals surface area (Å²) in [5, 5.41) is 2.87. The molecule has 0 radical (unpaired) electrons. The van der Waals surface area contributed by atoms with Crippen LogP contribution in [0, 0.1) is 17.5 Å². The molecular weight excluding hydrogens is 343 g/mol. The third-order valence-corrected chi connectivity index (χ3v) is 4.30. The van der Waals surface area contributed by atoms with Crippen molar-refractivity contribution in [2.75, 3.05) is 5.32 Å². The Labute approximate surface area is 129 Å². The molecule has 2 aromatic carbocycles. The van der Waals surface area contributed by atoms with Crippen LogP contribution < -0.4 is 5.32 Å². The normalized spacial score (nSPS) is 21.0. The Kier molecular flexibility index (Phi) is 3.93. The summed E-state index contributed by atoms with van der Waals surface area (Å²) in [7, 11) is 0. The molecule has 1 N–H and O–H groups in total. The molecule has 0 amide bonds. The first-order valence-electron chi connectivity index (χ1n) is 6.70. The molecule has 0 heterocycles. The van der Waals surface area contributed by atoms with Gasteiger partial charge in [-0.05, 0) is 42.5 Å². The van der Waals surface area contributed by atoms with E-state index in [0.717, 1.165) is 0 Å². The molecule has 1 fully saturated rings. The molecule has 1 nitrogen and oxygen atoms in total. The minimum absolute atomic E-state index is 0.0419. The highest BCUT2D eigenvalue weighted by atomic mass is 79.9. The van der Waals surface area contributed by atoms with Gasteiger partial charge in [0.05, 0.1) is 0 Å². The highest BCUT2D eigenvalue weighted by Gasteiger charge is 2.32. The average Bonchev–Trinajstić information content (AvgIpc) is 2.37. The smallest absolute Gasteiger partial charge is 0.150 e. The second kappa shape index (κ2) is 5.72. The fourth-order valence-corrected chi connectivity index (χ4v) is 3.08. The zero-order valence-electron chi connectivity index (χ0n) is 11.0. The second-order valence-corrected chi connectivity index (χ2v) is 6.19. The predicted molar refractivity (Wildman–Crippen MR) is 79.8 cm³/mol. The van der Waals surface area contributed by atoms with E-state index in [2.05, 4.69) is 21.2 Å². The minimum Gasteiger partial charge on any atom is -0.378 e. The van der Waals surface area contributed by atoms with Gasteiger partial charge < -0.3 is 5.32 Å². The largest absolute Gasteiger partial charge is 0.378 e. The van der Waals surface area contributed by atoms with Crippen LogP contribution >= 0.6 is 15.9 Å². The van der Waals surface area contributed by atoms with Gasteiger partial charge in [0.2, 0.25) is 0 Å². The predicted octanol–water partition coefficient (Wildman–Crippen LogP) is 5.22. The topological polar surface area (TPSA) is 12.0 Å². The van der Waals surface area contributed by atoms with Gasteiger partial charge in [0.25, 0.3) is 0 Å². The Balaban J connectivity index is 1.67. The SMILES string of the molecule is Fc1ccccc1C1CC(Nc2c(F)cc(Br)cc2F)C1. The van der Waals surface area contributed by atoms with Gasteiger partial charge in [0.15, 0.2) is 0 Å². The Morgan fingerprint density at radius 1 is 0.952 bits per heavy atom. The van der Waals surface area contributed by atoms with Gasteiger partial charge >= 0.3 is 0 Å². The molecule has 1 aliphatic rings. The van der Waals surface area contributed by atoms with Crippen LogP contribution in [0.1, 0.15) is 24.3 Å². The molecule has 3 rings (SSSR count). The van der Waals surface area contributed by atoms with Crippen molar-refractivity contribution in [3.05, 3.63) is 63.9 Å². The minimum atomic E-state index is -0.629. The number of benzene rings is 2. The van der Waals surface area contributed by atoms with Gasteiger partial charge in [-0.3, -0.25) is 0 Å². The molecule has 0 bridgehead atoms. The molecule has 110 valence electrons. The standard InChI is InChI=1S/C16H13BrF3N/c17-10-7-14(19)16(15(20)8-10)21-11-5-9(6-11)12-3-1-2-4-13(12)18/h1-4,7-9,11,21H,5-6H2. The van der Waals surface area contributed by atoms with Crippen molar-refractivity contribution in [1.82, 2.24) is 0 Å². The van der Waals surface area contributed by atoms with Crippen LogP contribution in [0.4, 0.5) is 18.9 Å². The molecule has 0 unspecified atom stereocenters. The van der Waals surface area contributed by atoms with Gasteiger partial charge in [0.1, 0.15) is 23.1 Å². The summed E-state index contributed by atoms with van der Waals surface area (Å²) in [6.07, 6.45) is 1.33. The quantitative estimate of drug-likeness (QED) is 0.795. The zero-order valence-corrected chi connectivity index (χ0v) is 12.6. The molecule has 0 saturated heterocycles. The van der Waals surface area contributed by atoms with E-state index < -0.39 is 11.6 Å². The van der Waals surface area contributed by atoms with Gasteiger partial charge in [-0.2, -0.15) is 0 Å². The summed E-state index contributed by atoms with van der Waals surface area (Å²) in [5.41, 5.74) is 0.558. The van der Waals surface area contributed by atoms with E-state index in [1.54, 1.807) is 18.2 Å². The summed E-state index contributed by atoms with van der Waals surface area (Å²) in [5.74, 6) is -1.38. The summed E-state index contributed by atoms with van der Waals surface area (Å²) in [4.78, 5) is 0. The first kappa shape index (κ1) is 14.4. The molecule has 5 heteroatoms.